The molecule has 0 aliphatic heterocycles. The lowest BCUT2D eigenvalue weighted by Gasteiger charge is -2.23. The zero-order valence-corrected chi connectivity index (χ0v) is 11.1. The number of hydrogen-bond donors (Lipinski definition) is 0. The monoisotopic (exact) mass is 220 g/mol. The summed E-state index contributed by atoms with van der Waals surface area (Å²) in [4.78, 5) is 4.53. The van der Waals surface area contributed by atoms with Gasteiger partial charge in [0.15, 0.2) is 0 Å². The van der Waals surface area contributed by atoms with Crippen molar-refractivity contribution in [3.63, 3.8) is 0 Å². The molecule has 3 heteroatoms. The Morgan fingerprint density at radius 3 is 2.40 bits per heavy atom. The summed E-state index contributed by atoms with van der Waals surface area (Å²) in [5.41, 5.74) is 4.84. The van der Waals surface area contributed by atoms with Crippen molar-refractivity contribution < 1.29 is 4.43 Å². The van der Waals surface area contributed by atoms with Gasteiger partial charge in [-0.3, -0.25) is 4.98 Å². The first-order valence-corrected chi connectivity index (χ1v) is 5.53. The van der Waals surface area contributed by atoms with Gasteiger partial charge in [-0.05, 0) is 25.0 Å². The maximum Gasteiger partial charge on any atom is 0.246 e. The molecule has 0 atom stereocenters. The minimum atomic E-state index is 0.0541. The van der Waals surface area contributed by atoms with Gasteiger partial charge in [0, 0.05) is 17.2 Å². The topological polar surface area (TPSA) is 22.1 Å². The standard InChI is InChI=1S/C12H18NOSi/c1-8-6-13-11(12(3,4)5)10(7-14-15)9(8)2/h6H,7H2,1-5H3. The number of aryl methyl sites for hydroxylation is 1. The van der Waals surface area contributed by atoms with E-state index in [9.17, 15) is 0 Å². The van der Waals surface area contributed by atoms with E-state index in [2.05, 4.69) is 50.1 Å². The lowest BCUT2D eigenvalue weighted by atomic mass is 9.86. The molecule has 0 aromatic carbocycles. The Morgan fingerprint density at radius 2 is 1.93 bits per heavy atom. The Labute approximate surface area is 95.6 Å². The molecular formula is C12H18NOSi. The summed E-state index contributed by atoms with van der Waals surface area (Å²) in [7, 11) is 3.07. The Kier molecular flexibility index (Phi) is 3.68. The minimum Gasteiger partial charge on any atom is -0.414 e. The second-order valence-electron chi connectivity index (χ2n) is 4.93. The van der Waals surface area contributed by atoms with Gasteiger partial charge in [-0.15, -0.1) is 0 Å². The van der Waals surface area contributed by atoms with Crippen LogP contribution in [-0.2, 0) is 16.4 Å². The van der Waals surface area contributed by atoms with Crippen LogP contribution < -0.4 is 0 Å². The highest BCUT2D eigenvalue weighted by Crippen LogP contribution is 2.27. The highest BCUT2D eigenvalue weighted by atomic mass is 28.2. The Morgan fingerprint density at radius 1 is 1.33 bits per heavy atom. The van der Waals surface area contributed by atoms with E-state index < -0.39 is 0 Å². The number of rotatable bonds is 2. The maximum absolute atomic E-state index is 5.07. The van der Waals surface area contributed by atoms with Crippen LogP contribution in [0.4, 0.5) is 0 Å². The van der Waals surface area contributed by atoms with Crippen LogP contribution >= 0.6 is 0 Å². The smallest absolute Gasteiger partial charge is 0.246 e. The molecule has 0 aliphatic rings. The Balaban J connectivity index is 3.33. The molecule has 0 N–H and O–H groups in total. The highest BCUT2D eigenvalue weighted by molar-refractivity contribution is 5.97. The van der Waals surface area contributed by atoms with E-state index in [1.165, 1.54) is 16.7 Å². The molecule has 0 saturated carbocycles. The van der Waals surface area contributed by atoms with E-state index in [-0.39, 0.29) is 5.41 Å². The molecule has 0 amide bonds. The average molecular weight is 220 g/mol. The van der Waals surface area contributed by atoms with Gasteiger partial charge < -0.3 is 4.43 Å². The Hall–Kier alpha value is -0.673. The normalized spacial score (nSPS) is 11.9. The molecule has 81 valence electrons. The van der Waals surface area contributed by atoms with Gasteiger partial charge in [-0.25, -0.2) is 0 Å². The van der Waals surface area contributed by atoms with E-state index in [0.29, 0.717) is 6.61 Å². The molecule has 1 aromatic heterocycles. The van der Waals surface area contributed by atoms with Crippen LogP contribution in [0.3, 0.4) is 0 Å². The van der Waals surface area contributed by atoms with Crippen LogP contribution in [0.1, 0.15) is 43.2 Å². The molecule has 1 heterocycles. The van der Waals surface area contributed by atoms with Crippen LogP contribution in [0.5, 0.6) is 0 Å². The number of pyridine rings is 1. The van der Waals surface area contributed by atoms with Crippen molar-refractivity contribution in [1.82, 2.24) is 4.98 Å². The van der Waals surface area contributed by atoms with Gasteiger partial charge in [0.25, 0.3) is 0 Å². The molecular weight excluding hydrogens is 202 g/mol. The lowest BCUT2D eigenvalue weighted by Crippen LogP contribution is -2.18. The first kappa shape index (κ1) is 12.4. The van der Waals surface area contributed by atoms with Gasteiger partial charge >= 0.3 is 0 Å². The molecule has 0 aliphatic carbocycles. The van der Waals surface area contributed by atoms with Crippen molar-refractivity contribution in [2.75, 3.05) is 0 Å². The molecule has 0 fully saturated rings. The largest absolute Gasteiger partial charge is 0.414 e. The van der Waals surface area contributed by atoms with E-state index in [4.69, 9.17) is 4.43 Å². The van der Waals surface area contributed by atoms with Gasteiger partial charge in [-0.2, -0.15) is 0 Å². The minimum absolute atomic E-state index is 0.0541. The molecule has 3 radical (unpaired) electrons. The van der Waals surface area contributed by atoms with E-state index >= 15 is 0 Å². The van der Waals surface area contributed by atoms with Crippen LogP contribution in [0.2, 0.25) is 0 Å². The van der Waals surface area contributed by atoms with Crippen LogP contribution in [-0.4, -0.2) is 15.5 Å². The second-order valence-corrected chi connectivity index (χ2v) is 5.22. The summed E-state index contributed by atoms with van der Waals surface area (Å²) in [6.45, 7) is 11.3. The fraction of sp³-hybridized carbons (Fsp3) is 0.583. The first-order chi connectivity index (χ1) is 6.88. The molecule has 1 aromatic rings. The van der Waals surface area contributed by atoms with Gasteiger partial charge in [-0.1, -0.05) is 20.8 Å². The van der Waals surface area contributed by atoms with Gasteiger partial charge in [0.2, 0.25) is 10.5 Å². The maximum atomic E-state index is 5.07. The van der Waals surface area contributed by atoms with E-state index in [1.54, 1.807) is 0 Å². The molecule has 0 spiro atoms. The summed E-state index contributed by atoms with van der Waals surface area (Å²) >= 11 is 0. The van der Waals surface area contributed by atoms with Crippen LogP contribution in [0.25, 0.3) is 0 Å². The van der Waals surface area contributed by atoms with Crippen LogP contribution in [0, 0.1) is 13.8 Å². The predicted molar refractivity (Wildman–Crippen MR) is 63.0 cm³/mol. The van der Waals surface area contributed by atoms with Gasteiger partial charge in [0.05, 0.1) is 12.3 Å². The molecule has 15 heavy (non-hydrogen) atoms. The fourth-order valence-electron chi connectivity index (χ4n) is 1.65. The number of hydrogen-bond acceptors (Lipinski definition) is 2. The highest BCUT2D eigenvalue weighted by Gasteiger charge is 2.21. The summed E-state index contributed by atoms with van der Waals surface area (Å²) in [6, 6.07) is 0. The third-order valence-electron chi connectivity index (χ3n) is 2.64. The van der Waals surface area contributed by atoms with E-state index in [0.717, 1.165) is 5.69 Å². The summed E-state index contributed by atoms with van der Waals surface area (Å²) in [5, 5.41) is 0. The third-order valence-corrected chi connectivity index (χ3v) is 2.79. The van der Waals surface area contributed by atoms with Gasteiger partial charge in [0.1, 0.15) is 0 Å². The van der Waals surface area contributed by atoms with Crippen LogP contribution in [0.15, 0.2) is 6.20 Å². The lowest BCUT2D eigenvalue weighted by molar-refractivity contribution is 0.331. The second kappa shape index (κ2) is 4.45. The van der Waals surface area contributed by atoms with Crippen molar-refractivity contribution in [3.8, 4) is 0 Å². The summed E-state index contributed by atoms with van der Waals surface area (Å²) in [5.74, 6) is 0. The zero-order valence-electron chi connectivity index (χ0n) is 10.1. The van der Waals surface area contributed by atoms with Crippen molar-refractivity contribution in [2.45, 2.75) is 46.6 Å². The molecule has 0 bridgehead atoms. The SMILES string of the molecule is Cc1cnc(C(C)(C)C)c(CO[Si])c1C. The fourth-order valence-corrected chi connectivity index (χ4v) is 1.79. The van der Waals surface area contributed by atoms with Crippen molar-refractivity contribution in [1.29, 1.82) is 0 Å². The molecule has 1 rings (SSSR count). The van der Waals surface area contributed by atoms with Crippen molar-refractivity contribution >= 4 is 10.5 Å². The number of aromatic nitrogens is 1. The zero-order chi connectivity index (χ0) is 11.6. The quantitative estimate of drug-likeness (QED) is 0.715. The molecule has 2 nitrogen and oxygen atoms in total. The molecule has 0 unspecified atom stereocenters. The molecule has 0 saturated heterocycles. The third kappa shape index (κ3) is 2.67. The first-order valence-electron chi connectivity index (χ1n) is 5.12. The Bertz CT molecular complexity index is 355. The van der Waals surface area contributed by atoms with E-state index in [1.807, 2.05) is 6.20 Å². The predicted octanol–water partition coefficient (Wildman–Crippen LogP) is 2.60. The van der Waals surface area contributed by atoms with Crippen molar-refractivity contribution in [3.05, 3.63) is 28.6 Å². The summed E-state index contributed by atoms with van der Waals surface area (Å²) < 4.78 is 5.07. The average Bonchev–Trinajstić information content (AvgIpc) is 2.11. The summed E-state index contributed by atoms with van der Waals surface area (Å²) in [6.07, 6.45) is 1.94. The van der Waals surface area contributed by atoms with Crippen molar-refractivity contribution in [2.24, 2.45) is 0 Å². The number of nitrogens with zero attached hydrogens (tertiary/aromatic N) is 1.